The topological polar surface area (TPSA) is 55.1 Å². The highest BCUT2D eigenvalue weighted by Gasteiger charge is 2.27. The summed E-state index contributed by atoms with van der Waals surface area (Å²) in [6.07, 6.45) is 4.42. The summed E-state index contributed by atoms with van der Waals surface area (Å²) in [5.74, 6) is 5.75. The molecule has 0 unspecified atom stereocenters. The number of nitrogens with one attached hydrogen (secondary N) is 1. The normalized spacial score (nSPS) is 17.7. The molecule has 3 N–H and O–H groups in total. The van der Waals surface area contributed by atoms with E-state index in [-0.39, 0.29) is 11.9 Å². The van der Waals surface area contributed by atoms with Gasteiger partial charge in [0.25, 0.3) is 5.91 Å². The average molecular weight is 284 g/mol. The highest BCUT2D eigenvalue weighted by molar-refractivity contribution is 5.96. The van der Waals surface area contributed by atoms with Gasteiger partial charge in [0.2, 0.25) is 0 Å². The summed E-state index contributed by atoms with van der Waals surface area (Å²) >= 11 is 0. The zero-order chi connectivity index (χ0) is 15.3. The Hall–Kier alpha value is -1.79. The number of amides is 1. The van der Waals surface area contributed by atoms with Gasteiger partial charge >= 0.3 is 0 Å². The standard InChI is InChI=1S/C18H24N2O/c1-18(2)11-9-15(10-12-18)20-17(21)16-8-4-3-6-14(16)7-5-13-19/h3-4,6,8,15H,9-13,19H2,1-2H3,(H,20,21). The minimum atomic E-state index is -0.0263. The summed E-state index contributed by atoms with van der Waals surface area (Å²) in [6.45, 7) is 4.89. The zero-order valence-electron chi connectivity index (χ0n) is 12.9. The van der Waals surface area contributed by atoms with E-state index < -0.39 is 0 Å². The van der Waals surface area contributed by atoms with Gasteiger partial charge in [-0.1, -0.05) is 37.8 Å². The highest BCUT2D eigenvalue weighted by atomic mass is 16.1. The van der Waals surface area contributed by atoms with E-state index in [0.29, 0.717) is 17.5 Å². The minimum absolute atomic E-state index is 0.0263. The lowest BCUT2D eigenvalue weighted by atomic mass is 9.75. The van der Waals surface area contributed by atoms with Crippen LogP contribution in [0.25, 0.3) is 0 Å². The molecule has 3 heteroatoms. The number of rotatable bonds is 2. The first kappa shape index (κ1) is 15.6. The number of hydrogen-bond donors (Lipinski definition) is 2. The molecule has 1 aliphatic rings. The van der Waals surface area contributed by atoms with Gasteiger partial charge in [-0.2, -0.15) is 0 Å². The molecule has 112 valence electrons. The van der Waals surface area contributed by atoms with Crippen LogP contribution in [0.2, 0.25) is 0 Å². The fraction of sp³-hybridized carbons (Fsp3) is 0.500. The summed E-state index contributed by atoms with van der Waals surface area (Å²) in [4.78, 5) is 12.4. The lowest BCUT2D eigenvalue weighted by molar-refractivity contribution is 0.0909. The van der Waals surface area contributed by atoms with Gasteiger partial charge in [-0.3, -0.25) is 4.79 Å². The van der Waals surface area contributed by atoms with Crippen molar-refractivity contribution >= 4 is 5.91 Å². The second kappa shape index (κ2) is 6.78. The molecule has 0 aromatic heterocycles. The van der Waals surface area contributed by atoms with E-state index in [1.165, 1.54) is 0 Å². The van der Waals surface area contributed by atoms with E-state index in [0.717, 1.165) is 31.2 Å². The maximum atomic E-state index is 12.4. The molecule has 1 fully saturated rings. The third kappa shape index (κ3) is 4.34. The Morgan fingerprint density at radius 3 is 2.67 bits per heavy atom. The largest absolute Gasteiger partial charge is 0.349 e. The van der Waals surface area contributed by atoms with Crippen LogP contribution < -0.4 is 11.1 Å². The van der Waals surface area contributed by atoms with E-state index in [9.17, 15) is 4.79 Å². The SMILES string of the molecule is CC1(C)CCC(NC(=O)c2ccccc2C#CCN)CC1. The predicted molar refractivity (Wildman–Crippen MR) is 85.9 cm³/mol. The quantitative estimate of drug-likeness (QED) is 0.820. The molecule has 0 heterocycles. The van der Waals surface area contributed by atoms with Crippen molar-refractivity contribution in [2.24, 2.45) is 11.1 Å². The molecule has 0 radical (unpaired) electrons. The molecule has 2 rings (SSSR count). The maximum absolute atomic E-state index is 12.4. The number of nitrogens with two attached hydrogens (primary N) is 1. The zero-order valence-corrected chi connectivity index (χ0v) is 12.9. The van der Waals surface area contributed by atoms with Gasteiger partial charge in [0, 0.05) is 11.6 Å². The minimum Gasteiger partial charge on any atom is -0.349 e. The van der Waals surface area contributed by atoms with Crippen LogP contribution >= 0.6 is 0 Å². The molecular weight excluding hydrogens is 260 g/mol. The lowest BCUT2D eigenvalue weighted by Crippen LogP contribution is -2.39. The first-order valence-corrected chi connectivity index (χ1v) is 7.61. The predicted octanol–water partition coefficient (Wildman–Crippen LogP) is 2.70. The van der Waals surface area contributed by atoms with Crippen LogP contribution in [-0.2, 0) is 0 Å². The second-order valence-corrected chi connectivity index (χ2v) is 6.46. The Bertz CT molecular complexity index is 556. The van der Waals surface area contributed by atoms with Crippen LogP contribution in [0.4, 0.5) is 0 Å². The Balaban J connectivity index is 2.04. The summed E-state index contributed by atoms with van der Waals surface area (Å²) in [5, 5.41) is 3.15. The van der Waals surface area contributed by atoms with Crippen molar-refractivity contribution in [3.63, 3.8) is 0 Å². The third-order valence-electron chi connectivity index (χ3n) is 4.17. The van der Waals surface area contributed by atoms with Crippen molar-refractivity contribution in [3.05, 3.63) is 35.4 Å². The molecule has 3 nitrogen and oxygen atoms in total. The van der Waals surface area contributed by atoms with Crippen molar-refractivity contribution in [2.75, 3.05) is 6.54 Å². The molecule has 1 aromatic rings. The van der Waals surface area contributed by atoms with Gasteiger partial charge in [-0.25, -0.2) is 0 Å². The van der Waals surface area contributed by atoms with Gasteiger partial charge in [-0.05, 0) is 43.2 Å². The Morgan fingerprint density at radius 2 is 2.00 bits per heavy atom. The van der Waals surface area contributed by atoms with Crippen molar-refractivity contribution < 1.29 is 4.79 Å². The molecule has 0 aliphatic heterocycles. The summed E-state index contributed by atoms with van der Waals surface area (Å²) in [7, 11) is 0. The van der Waals surface area contributed by atoms with Gasteiger partial charge in [0.05, 0.1) is 12.1 Å². The summed E-state index contributed by atoms with van der Waals surface area (Å²) in [6, 6.07) is 7.72. The van der Waals surface area contributed by atoms with E-state index in [4.69, 9.17) is 5.73 Å². The molecule has 0 saturated heterocycles. The van der Waals surface area contributed by atoms with E-state index in [1.54, 1.807) is 0 Å². The van der Waals surface area contributed by atoms with Gasteiger partial charge in [-0.15, -0.1) is 0 Å². The van der Waals surface area contributed by atoms with E-state index in [2.05, 4.69) is 31.0 Å². The number of benzene rings is 1. The van der Waals surface area contributed by atoms with Crippen LogP contribution in [0, 0.1) is 17.3 Å². The fourth-order valence-corrected chi connectivity index (χ4v) is 2.74. The van der Waals surface area contributed by atoms with Crippen molar-refractivity contribution in [1.29, 1.82) is 0 Å². The van der Waals surface area contributed by atoms with Crippen LogP contribution in [0.5, 0.6) is 0 Å². The van der Waals surface area contributed by atoms with Crippen molar-refractivity contribution in [2.45, 2.75) is 45.6 Å². The lowest BCUT2D eigenvalue weighted by Gasteiger charge is -2.34. The molecule has 21 heavy (non-hydrogen) atoms. The molecule has 1 aliphatic carbocycles. The van der Waals surface area contributed by atoms with Crippen LogP contribution in [0.1, 0.15) is 55.5 Å². The monoisotopic (exact) mass is 284 g/mol. The first-order chi connectivity index (χ1) is 10.0. The maximum Gasteiger partial charge on any atom is 0.252 e. The van der Waals surface area contributed by atoms with Gasteiger partial charge in [0.1, 0.15) is 0 Å². The molecular formula is C18H24N2O. The van der Waals surface area contributed by atoms with Crippen LogP contribution in [-0.4, -0.2) is 18.5 Å². The Kier molecular flexibility index (Phi) is 5.03. The summed E-state index contributed by atoms with van der Waals surface area (Å²) in [5.41, 5.74) is 7.20. The summed E-state index contributed by atoms with van der Waals surface area (Å²) < 4.78 is 0. The number of carbonyl (C=O) groups excluding carboxylic acids is 1. The van der Waals surface area contributed by atoms with Crippen molar-refractivity contribution in [1.82, 2.24) is 5.32 Å². The van der Waals surface area contributed by atoms with Gasteiger partial charge in [0.15, 0.2) is 0 Å². The smallest absolute Gasteiger partial charge is 0.252 e. The molecule has 0 spiro atoms. The number of carbonyl (C=O) groups is 1. The third-order valence-corrected chi connectivity index (χ3v) is 4.17. The molecule has 1 saturated carbocycles. The van der Waals surface area contributed by atoms with Crippen LogP contribution in [0.15, 0.2) is 24.3 Å². The van der Waals surface area contributed by atoms with E-state index >= 15 is 0 Å². The van der Waals surface area contributed by atoms with E-state index in [1.807, 2.05) is 24.3 Å². The fourth-order valence-electron chi connectivity index (χ4n) is 2.74. The van der Waals surface area contributed by atoms with Gasteiger partial charge < -0.3 is 11.1 Å². The highest BCUT2D eigenvalue weighted by Crippen LogP contribution is 2.35. The molecule has 1 aromatic carbocycles. The number of hydrogen-bond acceptors (Lipinski definition) is 2. The first-order valence-electron chi connectivity index (χ1n) is 7.61. The molecule has 0 atom stereocenters. The Labute approximate surface area is 127 Å². The molecule has 0 bridgehead atoms. The Morgan fingerprint density at radius 1 is 1.33 bits per heavy atom. The molecule has 1 amide bonds. The van der Waals surface area contributed by atoms with Crippen molar-refractivity contribution in [3.8, 4) is 11.8 Å². The second-order valence-electron chi connectivity index (χ2n) is 6.46. The average Bonchev–Trinajstić information content (AvgIpc) is 2.47. The van der Waals surface area contributed by atoms with Crippen LogP contribution in [0.3, 0.4) is 0 Å².